The number of pyridine rings is 2. The molecule has 0 amide bonds. The molecular formula is C30H20N2O4. The molecule has 0 saturated carbocycles. The first kappa shape index (κ1) is 21.4. The van der Waals surface area contributed by atoms with Crippen molar-refractivity contribution in [2.75, 3.05) is 0 Å². The number of rotatable bonds is 7. The number of aromatic nitrogens is 2. The molecule has 0 N–H and O–H groups in total. The smallest absolute Gasteiger partial charge is 0.219 e. The molecule has 4 aromatic heterocycles. The number of hydrogen-bond acceptors (Lipinski definition) is 6. The summed E-state index contributed by atoms with van der Waals surface area (Å²) in [5, 5.41) is 0. The van der Waals surface area contributed by atoms with E-state index in [4.69, 9.17) is 18.3 Å². The predicted octanol–water partition coefficient (Wildman–Crippen LogP) is 8.25. The Bertz CT molecular complexity index is 1470. The molecule has 6 heteroatoms. The number of ether oxygens (including phenoxy) is 2. The van der Waals surface area contributed by atoms with Crippen LogP contribution < -0.4 is 9.47 Å². The molecule has 0 atom stereocenters. The van der Waals surface area contributed by atoms with Gasteiger partial charge in [-0.2, -0.15) is 0 Å². The van der Waals surface area contributed by atoms with E-state index in [1.807, 2.05) is 97.1 Å². The molecule has 174 valence electrons. The van der Waals surface area contributed by atoms with Crippen LogP contribution >= 0.6 is 0 Å². The van der Waals surface area contributed by atoms with Crippen LogP contribution in [0.25, 0.3) is 33.8 Å². The van der Waals surface area contributed by atoms with Crippen LogP contribution in [-0.4, -0.2) is 9.97 Å². The molecule has 6 nitrogen and oxygen atoms in total. The highest BCUT2D eigenvalue weighted by molar-refractivity contribution is 5.67. The Hall–Kier alpha value is -5.10. The monoisotopic (exact) mass is 472 g/mol. The van der Waals surface area contributed by atoms with Gasteiger partial charge < -0.3 is 18.3 Å². The molecular weight excluding hydrogens is 452 g/mol. The highest BCUT2D eigenvalue weighted by atomic mass is 16.5. The maximum atomic E-state index is 6.05. The molecule has 0 radical (unpaired) electrons. The normalized spacial score (nSPS) is 10.8. The van der Waals surface area contributed by atoms with E-state index in [2.05, 4.69) is 9.97 Å². The topological polar surface area (TPSA) is 70.5 Å². The summed E-state index contributed by atoms with van der Waals surface area (Å²) >= 11 is 0. The highest BCUT2D eigenvalue weighted by Crippen LogP contribution is 2.32. The molecule has 0 saturated heterocycles. The summed E-state index contributed by atoms with van der Waals surface area (Å²) in [6.45, 7) is 0. The van der Waals surface area contributed by atoms with Gasteiger partial charge in [0.1, 0.15) is 23.0 Å². The predicted molar refractivity (Wildman–Crippen MR) is 136 cm³/mol. The fourth-order valence-electron chi connectivity index (χ4n) is 3.84. The molecule has 36 heavy (non-hydrogen) atoms. The number of furan rings is 2. The van der Waals surface area contributed by atoms with Gasteiger partial charge in [-0.1, -0.05) is 24.3 Å². The van der Waals surface area contributed by atoms with Crippen molar-refractivity contribution < 1.29 is 18.3 Å². The molecule has 6 aromatic rings. The molecule has 0 spiro atoms. The van der Waals surface area contributed by atoms with Crippen molar-refractivity contribution in [2.45, 2.75) is 0 Å². The van der Waals surface area contributed by atoms with Crippen LogP contribution in [0.5, 0.6) is 23.3 Å². The Balaban J connectivity index is 1.22. The zero-order valence-corrected chi connectivity index (χ0v) is 19.1. The third-order valence-corrected chi connectivity index (χ3v) is 5.53. The SMILES string of the molecule is c1cc(Oc2cc(-c3ccco3)ccn2)cc(-c2cccc(Oc3cc(-c4ccco4)ccn3)c2)c1. The van der Waals surface area contributed by atoms with Crippen molar-refractivity contribution in [2.24, 2.45) is 0 Å². The van der Waals surface area contributed by atoms with Gasteiger partial charge in [0.15, 0.2) is 0 Å². The Morgan fingerprint density at radius 1 is 0.472 bits per heavy atom. The van der Waals surface area contributed by atoms with Crippen LogP contribution in [0.4, 0.5) is 0 Å². The molecule has 0 unspecified atom stereocenters. The first-order valence-corrected chi connectivity index (χ1v) is 11.4. The molecule has 0 fully saturated rings. The second kappa shape index (κ2) is 9.64. The lowest BCUT2D eigenvalue weighted by molar-refractivity contribution is 0.462. The first-order valence-electron chi connectivity index (χ1n) is 11.4. The second-order valence-corrected chi connectivity index (χ2v) is 7.98. The highest BCUT2D eigenvalue weighted by Gasteiger charge is 2.08. The average Bonchev–Trinajstić information content (AvgIpc) is 3.65. The summed E-state index contributed by atoms with van der Waals surface area (Å²) in [6, 6.07) is 30.6. The van der Waals surface area contributed by atoms with Crippen molar-refractivity contribution in [3.8, 4) is 57.0 Å². The quantitative estimate of drug-likeness (QED) is 0.233. The Morgan fingerprint density at radius 2 is 0.972 bits per heavy atom. The van der Waals surface area contributed by atoms with Gasteiger partial charge in [0.25, 0.3) is 0 Å². The molecule has 4 heterocycles. The second-order valence-electron chi connectivity index (χ2n) is 7.98. The minimum Gasteiger partial charge on any atom is -0.464 e. The summed E-state index contributed by atoms with van der Waals surface area (Å²) in [7, 11) is 0. The number of nitrogens with zero attached hydrogens (tertiary/aromatic N) is 2. The largest absolute Gasteiger partial charge is 0.464 e. The van der Waals surface area contributed by atoms with Crippen LogP contribution in [0.15, 0.2) is 131 Å². The van der Waals surface area contributed by atoms with Crippen molar-refractivity contribution in [1.82, 2.24) is 9.97 Å². The molecule has 0 aliphatic heterocycles. The molecule has 0 aliphatic carbocycles. The van der Waals surface area contributed by atoms with Gasteiger partial charge in [0.2, 0.25) is 11.8 Å². The molecule has 6 rings (SSSR count). The zero-order valence-electron chi connectivity index (χ0n) is 19.1. The standard InChI is InChI=1S/C30H20N2O4/c1-5-21(17-25(7-1)35-29-19-23(11-13-31-29)27-9-3-15-33-27)22-6-2-8-26(18-22)36-30-20-24(12-14-32-30)28-10-4-16-34-28/h1-20H. The van der Waals surface area contributed by atoms with Crippen LogP contribution in [-0.2, 0) is 0 Å². The van der Waals surface area contributed by atoms with Gasteiger partial charge in [-0.05, 0) is 71.8 Å². The fraction of sp³-hybridized carbons (Fsp3) is 0. The Morgan fingerprint density at radius 3 is 1.42 bits per heavy atom. The maximum Gasteiger partial charge on any atom is 0.219 e. The van der Waals surface area contributed by atoms with Crippen molar-refractivity contribution in [3.63, 3.8) is 0 Å². The first-order chi connectivity index (χ1) is 17.8. The fourth-order valence-corrected chi connectivity index (χ4v) is 3.84. The Kier molecular flexibility index (Phi) is 5.74. The molecule has 2 aromatic carbocycles. The van der Waals surface area contributed by atoms with Gasteiger partial charge >= 0.3 is 0 Å². The van der Waals surface area contributed by atoms with E-state index in [0.717, 1.165) is 33.8 Å². The van der Waals surface area contributed by atoms with Crippen molar-refractivity contribution >= 4 is 0 Å². The van der Waals surface area contributed by atoms with Crippen LogP contribution in [0.1, 0.15) is 0 Å². The van der Waals surface area contributed by atoms with E-state index in [1.165, 1.54) is 0 Å². The van der Waals surface area contributed by atoms with E-state index in [1.54, 1.807) is 24.9 Å². The summed E-state index contributed by atoms with van der Waals surface area (Å²) in [6.07, 6.45) is 6.69. The number of benzene rings is 2. The van der Waals surface area contributed by atoms with Crippen LogP contribution in [0.2, 0.25) is 0 Å². The van der Waals surface area contributed by atoms with E-state index >= 15 is 0 Å². The van der Waals surface area contributed by atoms with E-state index in [9.17, 15) is 0 Å². The maximum absolute atomic E-state index is 6.05. The minimum atomic E-state index is 0.487. The van der Waals surface area contributed by atoms with Gasteiger partial charge in [0.05, 0.1) is 12.5 Å². The van der Waals surface area contributed by atoms with Gasteiger partial charge in [-0.25, -0.2) is 9.97 Å². The van der Waals surface area contributed by atoms with Crippen LogP contribution in [0.3, 0.4) is 0 Å². The average molecular weight is 473 g/mol. The van der Waals surface area contributed by atoms with Gasteiger partial charge in [0, 0.05) is 35.7 Å². The summed E-state index contributed by atoms with van der Waals surface area (Å²) in [5.41, 5.74) is 3.77. The van der Waals surface area contributed by atoms with E-state index in [-0.39, 0.29) is 0 Å². The lowest BCUT2D eigenvalue weighted by Crippen LogP contribution is -1.90. The van der Waals surface area contributed by atoms with Crippen molar-refractivity contribution in [3.05, 3.63) is 122 Å². The Labute approximate surface area is 207 Å². The number of hydrogen-bond donors (Lipinski definition) is 0. The summed E-state index contributed by atoms with van der Waals surface area (Å²) in [5.74, 6) is 3.85. The lowest BCUT2D eigenvalue weighted by Gasteiger charge is -2.10. The molecule has 0 bridgehead atoms. The van der Waals surface area contributed by atoms with Crippen LogP contribution in [0, 0.1) is 0 Å². The molecule has 0 aliphatic rings. The van der Waals surface area contributed by atoms with E-state index < -0.39 is 0 Å². The van der Waals surface area contributed by atoms with E-state index in [0.29, 0.717) is 23.3 Å². The van der Waals surface area contributed by atoms with Crippen molar-refractivity contribution in [1.29, 1.82) is 0 Å². The van der Waals surface area contributed by atoms with Gasteiger partial charge in [-0.3, -0.25) is 0 Å². The van der Waals surface area contributed by atoms with Gasteiger partial charge in [-0.15, -0.1) is 0 Å². The minimum absolute atomic E-state index is 0.487. The summed E-state index contributed by atoms with van der Waals surface area (Å²) < 4.78 is 23.1. The lowest BCUT2D eigenvalue weighted by atomic mass is 10.1. The zero-order chi connectivity index (χ0) is 24.2. The summed E-state index contributed by atoms with van der Waals surface area (Å²) in [4.78, 5) is 8.67. The third kappa shape index (κ3) is 4.74. The third-order valence-electron chi connectivity index (χ3n) is 5.53.